The third kappa shape index (κ3) is 4.06. The van der Waals surface area contributed by atoms with Gasteiger partial charge in [-0.25, -0.2) is 0 Å². The van der Waals surface area contributed by atoms with E-state index in [4.69, 9.17) is 18.6 Å². The fourth-order valence-corrected chi connectivity index (χ4v) is 2.50. The third-order valence-corrected chi connectivity index (χ3v) is 3.79. The van der Waals surface area contributed by atoms with E-state index in [0.717, 1.165) is 5.57 Å². The maximum absolute atomic E-state index is 12.5. The molecule has 1 N–H and O–H groups in total. The molecule has 2 aromatic carbocycles. The summed E-state index contributed by atoms with van der Waals surface area (Å²) in [6.45, 7) is 4.18. The van der Waals surface area contributed by atoms with Crippen molar-refractivity contribution in [2.45, 2.75) is 13.8 Å². The lowest BCUT2D eigenvalue weighted by molar-refractivity contribution is 0.311. The highest BCUT2D eigenvalue weighted by Gasteiger charge is 2.20. The summed E-state index contributed by atoms with van der Waals surface area (Å²) >= 11 is 0. The van der Waals surface area contributed by atoms with Crippen LogP contribution in [-0.4, -0.2) is 18.8 Å². The lowest BCUT2D eigenvalue weighted by Crippen LogP contribution is -2.04. The van der Waals surface area contributed by atoms with Gasteiger partial charge in [0.25, 0.3) is 5.95 Å². The summed E-state index contributed by atoms with van der Waals surface area (Å²) in [4.78, 5) is 12.5. The molecular weight excluding hydrogens is 348 g/mol. The van der Waals surface area contributed by atoms with Gasteiger partial charge in [-0.05, 0) is 32.1 Å². The van der Waals surface area contributed by atoms with Gasteiger partial charge < -0.3 is 23.7 Å². The molecule has 0 atom stereocenters. The molecule has 6 heteroatoms. The molecule has 0 bridgehead atoms. The van der Waals surface area contributed by atoms with Crippen molar-refractivity contribution in [1.82, 2.24) is 0 Å². The van der Waals surface area contributed by atoms with Gasteiger partial charge in [-0.15, -0.1) is 0 Å². The number of aromatic hydroxyl groups is 1. The van der Waals surface area contributed by atoms with Crippen molar-refractivity contribution in [1.29, 1.82) is 0 Å². The minimum atomic E-state index is -0.450. The maximum atomic E-state index is 12.5. The van der Waals surface area contributed by atoms with Crippen molar-refractivity contribution in [2.24, 2.45) is 0 Å². The van der Waals surface area contributed by atoms with Crippen LogP contribution in [-0.2, 0) is 0 Å². The number of benzene rings is 2. The van der Waals surface area contributed by atoms with Crippen molar-refractivity contribution in [2.75, 3.05) is 13.7 Å². The van der Waals surface area contributed by atoms with Crippen LogP contribution < -0.4 is 19.6 Å². The van der Waals surface area contributed by atoms with Gasteiger partial charge in [0, 0.05) is 6.07 Å². The Hall–Kier alpha value is -3.41. The number of phenols is 1. The normalized spacial score (nSPS) is 10.5. The molecule has 3 rings (SSSR count). The first-order valence-electron chi connectivity index (χ1n) is 8.36. The summed E-state index contributed by atoms with van der Waals surface area (Å²) in [5, 5.41) is 10.5. The second-order valence-electron chi connectivity index (χ2n) is 6.07. The first-order valence-corrected chi connectivity index (χ1v) is 8.36. The predicted octanol–water partition coefficient (Wildman–Crippen LogP) is 4.64. The van der Waals surface area contributed by atoms with E-state index in [9.17, 15) is 9.90 Å². The number of hydrogen-bond acceptors (Lipinski definition) is 6. The molecule has 0 spiro atoms. The highest BCUT2D eigenvalue weighted by Crippen LogP contribution is 2.42. The molecule has 0 aliphatic rings. The Morgan fingerprint density at radius 2 is 1.93 bits per heavy atom. The molecule has 0 amide bonds. The van der Waals surface area contributed by atoms with Crippen LogP contribution in [0.15, 0.2) is 63.3 Å². The number of ether oxygens (including phenoxy) is 3. The molecule has 27 heavy (non-hydrogen) atoms. The molecule has 1 heterocycles. The van der Waals surface area contributed by atoms with Crippen molar-refractivity contribution in [3.05, 3.63) is 64.3 Å². The molecule has 1 aromatic heterocycles. The lowest BCUT2D eigenvalue weighted by atomic mass is 10.2. The summed E-state index contributed by atoms with van der Waals surface area (Å²) in [5.41, 5.74) is 0.775. The Kier molecular flexibility index (Phi) is 5.35. The highest BCUT2D eigenvalue weighted by atomic mass is 16.6. The standard InChI is InChI=1S/C21H20O6/c1-13(2)9-10-25-17-12-16-19(20(23)21(17)24-3)15(22)11-18(27-16)26-14-7-5-4-6-8-14/h4-9,11-12,23H,10H2,1-3H3. The summed E-state index contributed by atoms with van der Waals surface area (Å²) in [7, 11) is 1.39. The number of phenolic OH excluding ortho intramolecular Hbond substituents is 1. The zero-order valence-corrected chi connectivity index (χ0v) is 15.3. The minimum absolute atomic E-state index is 0.00169. The van der Waals surface area contributed by atoms with Gasteiger partial charge in [-0.2, -0.15) is 0 Å². The van der Waals surface area contributed by atoms with Gasteiger partial charge in [0.2, 0.25) is 11.2 Å². The van der Waals surface area contributed by atoms with Crippen LogP contribution in [0, 0.1) is 0 Å². The molecule has 0 saturated heterocycles. The van der Waals surface area contributed by atoms with Gasteiger partial charge in [0.15, 0.2) is 11.5 Å². The summed E-state index contributed by atoms with van der Waals surface area (Å²) < 4.78 is 22.1. The third-order valence-electron chi connectivity index (χ3n) is 3.79. The van der Waals surface area contributed by atoms with E-state index in [1.807, 2.05) is 26.0 Å². The van der Waals surface area contributed by atoms with Crippen LogP contribution in [0.2, 0.25) is 0 Å². The number of rotatable bonds is 6. The number of para-hydroxylation sites is 1. The van der Waals surface area contributed by atoms with Crippen molar-refractivity contribution < 1.29 is 23.7 Å². The van der Waals surface area contributed by atoms with E-state index >= 15 is 0 Å². The molecule has 140 valence electrons. The van der Waals surface area contributed by atoms with E-state index in [-0.39, 0.29) is 40.8 Å². The average Bonchev–Trinajstić information content (AvgIpc) is 2.62. The molecule has 0 aliphatic carbocycles. The molecule has 0 saturated carbocycles. The van der Waals surface area contributed by atoms with E-state index < -0.39 is 5.43 Å². The minimum Gasteiger partial charge on any atom is -0.504 e. The number of fused-ring (bicyclic) bond motifs is 1. The first kappa shape index (κ1) is 18.4. The molecule has 0 radical (unpaired) electrons. The van der Waals surface area contributed by atoms with Crippen LogP contribution in [0.4, 0.5) is 0 Å². The van der Waals surface area contributed by atoms with E-state index in [1.165, 1.54) is 19.2 Å². The summed E-state index contributed by atoms with van der Waals surface area (Å²) in [6, 6.07) is 11.6. The fourth-order valence-electron chi connectivity index (χ4n) is 2.50. The fraction of sp³-hybridized carbons (Fsp3) is 0.190. The van der Waals surface area contributed by atoms with Crippen LogP contribution in [0.3, 0.4) is 0 Å². The Bertz CT molecular complexity index is 1030. The lowest BCUT2D eigenvalue weighted by Gasteiger charge is -2.13. The number of hydrogen-bond donors (Lipinski definition) is 1. The van der Waals surface area contributed by atoms with Gasteiger partial charge in [0.05, 0.1) is 13.2 Å². The first-order chi connectivity index (χ1) is 13.0. The van der Waals surface area contributed by atoms with Crippen LogP contribution in [0.25, 0.3) is 11.0 Å². The summed E-state index contributed by atoms with van der Waals surface area (Å²) in [6.07, 6.45) is 1.88. The van der Waals surface area contributed by atoms with Gasteiger partial charge in [-0.1, -0.05) is 23.8 Å². The Morgan fingerprint density at radius 1 is 1.19 bits per heavy atom. The zero-order valence-electron chi connectivity index (χ0n) is 15.3. The maximum Gasteiger partial charge on any atom is 0.294 e. The Morgan fingerprint density at radius 3 is 2.59 bits per heavy atom. The van der Waals surface area contributed by atoms with Crippen molar-refractivity contribution in [3.8, 4) is 28.9 Å². The summed E-state index contributed by atoms with van der Waals surface area (Å²) in [5.74, 6) is 0.548. The van der Waals surface area contributed by atoms with E-state index in [0.29, 0.717) is 5.75 Å². The number of allylic oxidation sites excluding steroid dienone is 1. The average molecular weight is 368 g/mol. The second-order valence-corrected chi connectivity index (χ2v) is 6.07. The van der Waals surface area contributed by atoms with Gasteiger partial charge >= 0.3 is 0 Å². The second kappa shape index (κ2) is 7.86. The molecule has 3 aromatic rings. The van der Waals surface area contributed by atoms with Crippen molar-refractivity contribution in [3.63, 3.8) is 0 Å². The van der Waals surface area contributed by atoms with E-state index in [1.54, 1.807) is 24.3 Å². The predicted molar refractivity (Wildman–Crippen MR) is 102 cm³/mol. The zero-order chi connectivity index (χ0) is 19.4. The van der Waals surface area contributed by atoms with E-state index in [2.05, 4.69) is 0 Å². The smallest absolute Gasteiger partial charge is 0.294 e. The molecular formula is C21H20O6. The van der Waals surface area contributed by atoms with Gasteiger partial charge in [0.1, 0.15) is 23.3 Å². The molecule has 0 unspecified atom stereocenters. The van der Waals surface area contributed by atoms with Crippen LogP contribution in [0.5, 0.6) is 28.9 Å². The molecule has 0 aliphatic heterocycles. The highest BCUT2D eigenvalue weighted by molar-refractivity contribution is 5.88. The monoisotopic (exact) mass is 368 g/mol. The Labute approximate surface area is 156 Å². The Balaban J connectivity index is 2.06. The topological polar surface area (TPSA) is 78.1 Å². The number of methoxy groups -OCH3 is 1. The molecule has 0 fully saturated rings. The van der Waals surface area contributed by atoms with Crippen LogP contribution in [0.1, 0.15) is 13.8 Å². The van der Waals surface area contributed by atoms with Crippen molar-refractivity contribution >= 4 is 11.0 Å². The largest absolute Gasteiger partial charge is 0.504 e. The molecule has 6 nitrogen and oxygen atoms in total. The quantitative estimate of drug-likeness (QED) is 0.639. The SMILES string of the molecule is COc1c(OCC=C(C)C)cc2oc(Oc3ccccc3)cc(=O)c2c1O. The van der Waals surface area contributed by atoms with Crippen LogP contribution >= 0.6 is 0 Å². The van der Waals surface area contributed by atoms with Gasteiger partial charge in [-0.3, -0.25) is 4.79 Å².